The van der Waals surface area contributed by atoms with E-state index >= 15 is 0 Å². The Morgan fingerprint density at radius 1 is 1.58 bits per heavy atom. The van der Waals surface area contributed by atoms with Crippen molar-refractivity contribution < 1.29 is 13.6 Å². The maximum atomic E-state index is 12.4. The molecule has 7 heteroatoms. The fourth-order valence-electron chi connectivity index (χ4n) is 1.78. The first-order chi connectivity index (χ1) is 9.08. The fraction of sp³-hybridized carbons (Fsp3) is 0.333. The summed E-state index contributed by atoms with van der Waals surface area (Å²) in [6.07, 6.45) is 2.24. The van der Waals surface area contributed by atoms with Gasteiger partial charge >= 0.3 is 0 Å². The number of hydrogen-bond donors (Lipinski definition) is 2. The van der Waals surface area contributed by atoms with Crippen LogP contribution in [0.1, 0.15) is 29.0 Å². The molecule has 0 saturated carbocycles. The second kappa shape index (κ2) is 5.64. The van der Waals surface area contributed by atoms with Gasteiger partial charge in [0.1, 0.15) is 5.69 Å². The topological polar surface area (TPSA) is 62.7 Å². The molecule has 0 aliphatic rings. The van der Waals surface area contributed by atoms with Crippen LogP contribution in [0.25, 0.3) is 0 Å². The van der Waals surface area contributed by atoms with Gasteiger partial charge in [-0.2, -0.15) is 5.10 Å². The Bertz CT molecular complexity index is 536. The number of aromatic nitrogens is 3. The molecule has 0 spiro atoms. The Labute approximate surface area is 108 Å². The smallest absolute Gasteiger partial charge is 0.268 e. The van der Waals surface area contributed by atoms with Crippen LogP contribution in [0.4, 0.5) is 8.78 Å². The van der Waals surface area contributed by atoms with Crippen LogP contribution in [-0.4, -0.2) is 27.1 Å². The Kier molecular flexibility index (Phi) is 3.94. The summed E-state index contributed by atoms with van der Waals surface area (Å²) in [5.74, 6) is -0.389. The van der Waals surface area contributed by atoms with E-state index < -0.39 is 13.0 Å². The number of halogens is 2. The number of alkyl halides is 2. The van der Waals surface area contributed by atoms with Crippen molar-refractivity contribution in [1.82, 2.24) is 20.1 Å². The number of aromatic amines is 1. The molecule has 0 aliphatic heterocycles. The van der Waals surface area contributed by atoms with Gasteiger partial charge in [-0.1, -0.05) is 0 Å². The van der Waals surface area contributed by atoms with Crippen molar-refractivity contribution in [2.75, 3.05) is 0 Å². The van der Waals surface area contributed by atoms with Gasteiger partial charge < -0.3 is 9.88 Å². The lowest BCUT2D eigenvalue weighted by molar-refractivity contribution is 0.0917. The average Bonchev–Trinajstić information content (AvgIpc) is 2.97. The molecule has 1 amide bonds. The highest BCUT2D eigenvalue weighted by atomic mass is 19.3. The van der Waals surface area contributed by atoms with E-state index in [1.54, 1.807) is 25.4 Å². The maximum absolute atomic E-state index is 12.4. The molecule has 102 valence electrons. The standard InChI is InChI=1S/C12H14F2N4O/c1-8(9-5-15-16-6-9)17-12(19)10-3-2-4-18(10)7-11(13)14/h2-6,8,11H,7H2,1H3,(H,15,16)(H,17,19). The number of carbonyl (C=O) groups is 1. The summed E-state index contributed by atoms with van der Waals surface area (Å²) in [5.41, 5.74) is 1.04. The van der Waals surface area contributed by atoms with Crippen molar-refractivity contribution in [2.45, 2.75) is 25.9 Å². The highest BCUT2D eigenvalue weighted by molar-refractivity contribution is 5.93. The van der Waals surface area contributed by atoms with E-state index in [9.17, 15) is 13.6 Å². The molecule has 0 aromatic carbocycles. The zero-order valence-electron chi connectivity index (χ0n) is 10.3. The predicted molar refractivity (Wildman–Crippen MR) is 64.9 cm³/mol. The molecule has 1 unspecified atom stereocenters. The van der Waals surface area contributed by atoms with Crippen molar-refractivity contribution in [2.24, 2.45) is 0 Å². The van der Waals surface area contributed by atoms with E-state index in [2.05, 4.69) is 15.5 Å². The third kappa shape index (κ3) is 3.18. The second-order valence-electron chi connectivity index (χ2n) is 4.16. The molecule has 2 N–H and O–H groups in total. The lowest BCUT2D eigenvalue weighted by Gasteiger charge is -2.13. The van der Waals surface area contributed by atoms with Gasteiger partial charge in [-0.05, 0) is 19.1 Å². The van der Waals surface area contributed by atoms with E-state index in [0.717, 1.165) is 5.56 Å². The van der Waals surface area contributed by atoms with Gasteiger partial charge in [0, 0.05) is 18.0 Å². The normalized spacial score (nSPS) is 12.6. The van der Waals surface area contributed by atoms with Gasteiger partial charge in [0.15, 0.2) is 0 Å². The monoisotopic (exact) mass is 268 g/mol. The van der Waals surface area contributed by atoms with Crippen molar-refractivity contribution in [3.8, 4) is 0 Å². The lowest BCUT2D eigenvalue weighted by Crippen LogP contribution is -2.29. The molecule has 2 heterocycles. The quantitative estimate of drug-likeness (QED) is 0.870. The summed E-state index contributed by atoms with van der Waals surface area (Å²) in [5, 5.41) is 9.17. The van der Waals surface area contributed by atoms with Crippen LogP contribution in [0.3, 0.4) is 0 Å². The van der Waals surface area contributed by atoms with Crippen LogP contribution in [0.2, 0.25) is 0 Å². The number of carbonyl (C=O) groups excluding carboxylic acids is 1. The van der Waals surface area contributed by atoms with E-state index in [1.165, 1.54) is 16.8 Å². The minimum Gasteiger partial charge on any atom is -0.344 e. The van der Waals surface area contributed by atoms with Gasteiger partial charge in [-0.25, -0.2) is 8.78 Å². The van der Waals surface area contributed by atoms with Gasteiger partial charge in [0.2, 0.25) is 0 Å². The fourth-order valence-corrected chi connectivity index (χ4v) is 1.78. The average molecular weight is 268 g/mol. The van der Waals surface area contributed by atoms with Crippen LogP contribution in [-0.2, 0) is 6.54 Å². The Morgan fingerprint density at radius 3 is 3.00 bits per heavy atom. The SMILES string of the molecule is CC(NC(=O)c1cccn1CC(F)F)c1cn[nH]c1. The van der Waals surface area contributed by atoms with Crippen LogP contribution in [0.5, 0.6) is 0 Å². The lowest BCUT2D eigenvalue weighted by atomic mass is 10.2. The van der Waals surface area contributed by atoms with Crippen LogP contribution in [0, 0.1) is 0 Å². The molecular weight excluding hydrogens is 254 g/mol. The summed E-state index contributed by atoms with van der Waals surface area (Å²) >= 11 is 0. The molecule has 0 radical (unpaired) electrons. The predicted octanol–water partition coefficient (Wildman–Crippen LogP) is 1.97. The highest BCUT2D eigenvalue weighted by Crippen LogP contribution is 2.12. The molecule has 2 rings (SSSR count). The number of rotatable bonds is 5. The number of nitrogens with zero attached hydrogens (tertiary/aromatic N) is 2. The maximum Gasteiger partial charge on any atom is 0.268 e. The van der Waals surface area contributed by atoms with E-state index in [4.69, 9.17) is 0 Å². The van der Waals surface area contributed by atoms with Crippen molar-refractivity contribution in [3.05, 3.63) is 42.0 Å². The largest absolute Gasteiger partial charge is 0.344 e. The molecule has 0 bridgehead atoms. The summed E-state index contributed by atoms with van der Waals surface area (Å²) in [6.45, 7) is 1.30. The van der Waals surface area contributed by atoms with E-state index in [-0.39, 0.29) is 17.6 Å². The van der Waals surface area contributed by atoms with Crippen LogP contribution >= 0.6 is 0 Å². The molecule has 19 heavy (non-hydrogen) atoms. The zero-order chi connectivity index (χ0) is 13.8. The van der Waals surface area contributed by atoms with Crippen LogP contribution < -0.4 is 5.32 Å². The minimum atomic E-state index is -2.50. The Morgan fingerprint density at radius 2 is 2.37 bits per heavy atom. The molecule has 1 atom stereocenters. The Balaban J connectivity index is 2.06. The van der Waals surface area contributed by atoms with E-state index in [0.29, 0.717) is 0 Å². The first kappa shape index (κ1) is 13.3. The summed E-state index contributed by atoms with van der Waals surface area (Å²) in [4.78, 5) is 12.0. The zero-order valence-corrected chi connectivity index (χ0v) is 10.3. The number of hydrogen-bond acceptors (Lipinski definition) is 2. The van der Waals surface area contributed by atoms with E-state index in [1.807, 2.05) is 0 Å². The Hall–Kier alpha value is -2.18. The highest BCUT2D eigenvalue weighted by Gasteiger charge is 2.16. The van der Waals surface area contributed by atoms with Gasteiger partial charge in [0.05, 0.1) is 18.8 Å². The van der Waals surface area contributed by atoms with Crippen molar-refractivity contribution >= 4 is 5.91 Å². The van der Waals surface area contributed by atoms with Gasteiger partial charge in [-0.15, -0.1) is 0 Å². The van der Waals surface area contributed by atoms with Crippen molar-refractivity contribution in [1.29, 1.82) is 0 Å². The summed E-state index contributed by atoms with van der Waals surface area (Å²) in [7, 11) is 0. The molecule has 2 aromatic rings. The first-order valence-corrected chi connectivity index (χ1v) is 5.80. The molecule has 0 saturated heterocycles. The molecule has 2 aromatic heterocycles. The second-order valence-corrected chi connectivity index (χ2v) is 4.16. The number of H-pyrrole nitrogens is 1. The number of amides is 1. The molecular formula is C12H14F2N4O. The minimum absolute atomic E-state index is 0.218. The summed E-state index contributed by atoms with van der Waals surface area (Å²) in [6, 6.07) is 2.83. The molecule has 0 fully saturated rings. The van der Waals surface area contributed by atoms with Crippen molar-refractivity contribution in [3.63, 3.8) is 0 Å². The van der Waals surface area contributed by atoms with Gasteiger partial charge in [-0.3, -0.25) is 9.89 Å². The van der Waals surface area contributed by atoms with Crippen LogP contribution in [0.15, 0.2) is 30.7 Å². The molecule has 5 nitrogen and oxygen atoms in total. The first-order valence-electron chi connectivity index (χ1n) is 5.80. The third-order valence-corrected chi connectivity index (χ3v) is 2.76. The number of nitrogens with one attached hydrogen (secondary N) is 2. The summed E-state index contributed by atoms with van der Waals surface area (Å²) < 4.78 is 26.0. The van der Waals surface area contributed by atoms with Gasteiger partial charge in [0.25, 0.3) is 12.3 Å². The molecule has 0 aliphatic carbocycles. The third-order valence-electron chi connectivity index (χ3n) is 2.76.